The molecule has 1 rings (SSSR count). The second-order valence-corrected chi connectivity index (χ2v) is 4.93. The molecule has 6 heteroatoms. The first-order chi connectivity index (χ1) is 10.2. The van der Waals surface area contributed by atoms with Crippen LogP contribution < -0.4 is 10.6 Å². The second-order valence-electron chi connectivity index (χ2n) is 4.93. The van der Waals surface area contributed by atoms with Crippen LogP contribution in [0.15, 0.2) is 15.6 Å². The van der Waals surface area contributed by atoms with Crippen LogP contribution in [0.3, 0.4) is 0 Å². The summed E-state index contributed by atoms with van der Waals surface area (Å²) in [5, 5.41) is 10.6. The maximum Gasteiger partial charge on any atom is 0.191 e. The standard InChI is InChI=1S/C15H28N4O2/c1-5-12(6-2)14-10-13(21-19-14)11-18-15(16-3)17-8-7-9-20-4/h10,12H,5-9,11H2,1-4H3,(H2,16,17,18). The minimum Gasteiger partial charge on any atom is -0.385 e. The number of rotatable bonds is 9. The van der Waals surface area contributed by atoms with Crippen molar-refractivity contribution in [1.29, 1.82) is 0 Å². The van der Waals surface area contributed by atoms with Gasteiger partial charge in [-0.05, 0) is 19.3 Å². The molecule has 0 radical (unpaired) electrons. The molecule has 120 valence electrons. The number of aliphatic imine (C=N–C) groups is 1. The van der Waals surface area contributed by atoms with Crippen LogP contribution >= 0.6 is 0 Å². The van der Waals surface area contributed by atoms with Gasteiger partial charge in [0.25, 0.3) is 0 Å². The van der Waals surface area contributed by atoms with Gasteiger partial charge >= 0.3 is 0 Å². The second kappa shape index (κ2) is 10.2. The molecule has 0 bridgehead atoms. The minimum absolute atomic E-state index is 0.481. The Morgan fingerprint density at radius 1 is 1.38 bits per heavy atom. The average Bonchev–Trinajstić information content (AvgIpc) is 2.97. The van der Waals surface area contributed by atoms with E-state index in [1.807, 2.05) is 6.07 Å². The highest BCUT2D eigenvalue weighted by atomic mass is 16.5. The van der Waals surface area contributed by atoms with Gasteiger partial charge in [0, 0.05) is 39.3 Å². The summed E-state index contributed by atoms with van der Waals surface area (Å²) in [4.78, 5) is 4.17. The fraction of sp³-hybridized carbons (Fsp3) is 0.733. The highest BCUT2D eigenvalue weighted by Crippen LogP contribution is 2.22. The van der Waals surface area contributed by atoms with Crippen molar-refractivity contribution in [3.05, 3.63) is 17.5 Å². The Morgan fingerprint density at radius 3 is 2.76 bits per heavy atom. The molecule has 1 aromatic rings. The van der Waals surface area contributed by atoms with E-state index in [4.69, 9.17) is 9.26 Å². The Morgan fingerprint density at radius 2 is 2.14 bits per heavy atom. The van der Waals surface area contributed by atoms with Crippen molar-refractivity contribution < 1.29 is 9.26 Å². The zero-order valence-electron chi connectivity index (χ0n) is 13.6. The van der Waals surface area contributed by atoms with Gasteiger partial charge in [-0.1, -0.05) is 19.0 Å². The zero-order chi connectivity index (χ0) is 15.5. The third-order valence-electron chi connectivity index (χ3n) is 3.45. The molecule has 2 N–H and O–H groups in total. The number of aromatic nitrogens is 1. The van der Waals surface area contributed by atoms with Crippen molar-refractivity contribution in [2.45, 2.75) is 45.6 Å². The smallest absolute Gasteiger partial charge is 0.191 e. The summed E-state index contributed by atoms with van der Waals surface area (Å²) in [5.41, 5.74) is 1.04. The molecule has 0 fully saturated rings. The molecule has 0 aliphatic rings. The van der Waals surface area contributed by atoms with E-state index in [1.54, 1.807) is 14.2 Å². The Hall–Kier alpha value is -1.56. The highest BCUT2D eigenvalue weighted by Gasteiger charge is 2.12. The molecule has 0 saturated carbocycles. The summed E-state index contributed by atoms with van der Waals surface area (Å²) in [6, 6.07) is 2.03. The van der Waals surface area contributed by atoms with Gasteiger partial charge in [-0.15, -0.1) is 0 Å². The highest BCUT2D eigenvalue weighted by molar-refractivity contribution is 5.79. The largest absolute Gasteiger partial charge is 0.385 e. The molecule has 0 amide bonds. The summed E-state index contributed by atoms with van der Waals surface area (Å²) in [6.07, 6.45) is 3.11. The average molecular weight is 296 g/mol. The van der Waals surface area contributed by atoms with Gasteiger partial charge in [0.2, 0.25) is 0 Å². The zero-order valence-corrected chi connectivity index (χ0v) is 13.6. The predicted octanol–water partition coefficient (Wildman–Crippen LogP) is 2.28. The van der Waals surface area contributed by atoms with E-state index in [-0.39, 0.29) is 0 Å². The van der Waals surface area contributed by atoms with Gasteiger partial charge in [-0.3, -0.25) is 4.99 Å². The van der Waals surface area contributed by atoms with E-state index in [0.29, 0.717) is 12.5 Å². The van der Waals surface area contributed by atoms with E-state index in [1.165, 1.54) is 0 Å². The molecule has 0 aliphatic carbocycles. The van der Waals surface area contributed by atoms with Crippen LogP contribution in [0.5, 0.6) is 0 Å². The van der Waals surface area contributed by atoms with Crippen molar-refractivity contribution in [2.24, 2.45) is 4.99 Å². The minimum atomic E-state index is 0.481. The normalized spacial score (nSPS) is 12.0. The van der Waals surface area contributed by atoms with Gasteiger partial charge in [0.15, 0.2) is 11.7 Å². The topological polar surface area (TPSA) is 71.7 Å². The van der Waals surface area contributed by atoms with Crippen LogP contribution in [-0.2, 0) is 11.3 Å². The van der Waals surface area contributed by atoms with Crippen molar-refractivity contribution in [3.8, 4) is 0 Å². The Bertz CT molecular complexity index is 414. The summed E-state index contributed by atoms with van der Waals surface area (Å²) >= 11 is 0. The van der Waals surface area contributed by atoms with E-state index in [0.717, 1.165) is 49.8 Å². The van der Waals surface area contributed by atoms with Gasteiger partial charge in [0.1, 0.15) is 0 Å². The number of hydrogen-bond acceptors (Lipinski definition) is 4. The number of methoxy groups -OCH3 is 1. The lowest BCUT2D eigenvalue weighted by Crippen LogP contribution is -2.37. The van der Waals surface area contributed by atoms with E-state index in [2.05, 4.69) is 34.6 Å². The first-order valence-corrected chi connectivity index (χ1v) is 7.64. The Balaban J connectivity index is 2.39. The van der Waals surface area contributed by atoms with Crippen LogP contribution in [-0.4, -0.2) is 38.4 Å². The monoisotopic (exact) mass is 296 g/mol. The number of hydrogen-bond donors (Lipinski definition) is 2. The third-order valence-corrected chi connectivity index (χ3v) is 3.45. The van der Waals surface area contributed by atoms with Crippen molar-refractivity contribution in [3.63, 3.8) is 0 Å². The Kier molecular flexibility index (Phi) is 8.50. The molecule has 1 heterocycles. The number of nitrogens with zero attached hydrogens (tertiary/aromatic N) is 2. The van der Waals surface area contributed by atoms with E-state index < -0.39 is 0 Å². The van der Waals surface area contributed by atoms with E-state index >= 15 is 0 Å². The molecule has 0 aromatic carbocycles. The maximum absolute atomic E-state index is 5.37. The van der Waals surface area contributed by atoms with Crippen LogP contribution in [0.25, 0.3) is 0 Å². The molecule has 1 aromatic heterocycles. The van der Waals surface area contributed by atoms with Crippen molar-refractivity contribution >= 4 is 5.96 Å². The molecule has 0 saturated heterocycles. The number of ether oxygens (including phenoxy) is 1. The van der Waals surface area contributed by atoms with Gasteiger partial charge < -0.3 is 19.9 Å². The summed E-state index contributed by atoms with van der Waals surface area (Å²) in [7, 11) is 3.45. The Labute approximate surface area is 127 Å². The lowest BCUT2D eigenvalue weighted by molar-refractivity contribution is 0.195. The summed E-state index contributed by atoms with van der Waals surface area (Å²) in [5.74, 6) is 2.07. The van der Waals surface area contributed by atoms with E-state index in [9.17, 15) is 0 Å². The predicted molar refractivity (Wildman–Crippen MR) is 84.5 cm³/mol. The SMILES string of the molecule is CCC(CC)c1cc(CNC(=NC)NCCCOC)on1. The lowest BCUT2D eigenvalue weighted by atomic mass is 9.99. The molecule has 6 nitrogen and oxygen atoms in total. The maximum atomic E-state index is 5.37. The van der Waals surface area contributed by atoms with Crippen LogP contribution in [0.2, 0.25) is 0 Å². The summed E-state index contributed by atoms with van der Waals surface area (Å²) < 4.78 is 10.4. The summed E-state index contributed by atoms with van der Waals surface area (Å²) in [6.45, 7) is 6.49. The van der Waals surface area contributed by atoms with Crippen molar-refractivity contribution in [1.82, 2.24) is 15.8 Å². The molecule has 0 unspecified atom stereocenters. The molecular formula is C15H28N4O2. The first-order valence-electron chi connectivity index (χ1n) is 7.64. The molecule has 0 aliphatic heterocycles. The number of nitrogens with one attached hydrogen (secondary N) is 2. The molecule has 21 heavy (non-hydrogen) atoms. The van der Waals surface area contributed by atoms with Crippen LogP contribution in [0, 0.1) is 0 Å². The van der Waals surface area contributed by atoms with Crippen molar-refractivity contribution in [2.75, 3.05) is 27.3 Å². The van der Waals surface area contributed by atoms with Crippen LogP contribution in [0.4, 0.5) is 0 Å². The first kappa shape index (κ1) is 17.5. The van der Waals surface area contributed by atoms with Gasteiger partial charge in [0.05, 0.1) is 12.2 Å². The fourth-order valence-electron chi connectivity index (χ4n) is 2.13. The lowest BCUT2D eigenvalue weighted by Gasteiger charge is -2.10. The van der Waals surface area contributed by atoms with Crippen LogP contribution in [0.1, 0.15) is 50.5 Å². The van der Waals surface area contributed by atoms with Gasteiger partial charge in [-0.2, -0.15) is 0 Å². The van der Waals surface area contributed by atoms with Gasteiger partial charge in [-0.25, -0.2) is 0 Å². The number of guanidine groups is 1. The molecular weight excluding hydrogens is 268 g/mol. The quantitative estimate of drug-likeness (QED) is 0.415. The molecule has 0 atom stereocenters. The third kappa shape index (κ3) is 6.16. The fourth-order valence-corrected chi connectivity index (χ4v) is 2.13. The molecule has 0 spiro atoms.